The fourth-order valence-electron chi connectivity index (χ4n) is 1.84. The predicted octanol–water partition coefficient (Wildman–Crippen LogP) is 4.62. The summed E-state index contributed by atoms with van der Waals surface area (Å²) in [5.74, 6) is 0. The lowest BCUT2D eigenvalue weighted by Gasteiger charge is -2.04. The lowest BCUT2D eigenvalue weighted by molar-refractivity contribution is -0.141. The summed E-state index contributed by atoms with van der Waals surface area (Å²) < 4.78 is 38.7. The highest BCUT2D eigenvalue weighted by Gasteiger charge is 2.33. The Morgan fingerprint density at radius 2 is 1.75 bits per heavy atom. The highest BCUT2D eigenvalue weighted by Crippen LogP contribution is 2.29. The fraction of sp³-hybridized carbons (Fsp3) is 0.0714. The summed E-state index contributed by atoms with van der Waals surface area (Å²) in [5, 5.41) is 5.52. The van der Waals surface area contributed by atoms with Crippen LogP contribution >= 0.6 is 11.3 Å². The molecule has 0 saturated carbocycles. The first-order valence-electron chi connectivity index (χ1n) is 5.81. The molecule has 3 aromatic rings. The molecule has 0 aliphatic carbocycles. The van der Waals surface area contributed by atoms with Crippen molar-refractivity contribution in [3.63, 3.8) is 0 Å². The van der Waals surface area contributed by atoms with Crippen molar-refractivity contribution in [1.29, 1.82) is 0 Å². The van der Waals surface area contributed by atoms with Gasteiger partial charge in [0.1, 0.15) is 0 Å². The zero-order chi connectivity index (χ0) is 14.2. The first-order valence-corrected chi connectivity index (χ1v) is 6.69. The van der Waals surface area contributed by atoms with Crippen molar-refractivity contribution in [2.45, 2.75) is 6.18 Å². The van der Waals surface area contributed by atoms with E-state index in [-0.39, 0.29) is 0 Å². The van der Waals surface area contributed by atoms with Gasteiger partial charge in [-0.3, -0.25) is 0 Å². The van der Waals surface area contributed by atoms with Gasteiger partial charge in [-0.2, -0.15) is 18.3 Å². The number of thiophene rings is 1. The summed E-state index contributed by atoms with van der Waals surface area (Å²) in [6.45, 7) is 0. The van der Waals surface area contributed by atoms with E-state index in [0.29, 0.717) is 5.69 Å². The minimum atomic E-state index is -4.41. The van der Waals surface area contributed by atoms with Crippen LogP contribution in [0.15, 0.2) is 54.0 Å². The molecule has 2 nitrogen and oxygen atoms in total. The Kier molecular flexibility index (Phi) is 3.10. The number of nitrogens with zero attached hydrogens (tertiary/aromatic N) is 2. The van der Waals surface area contributed by atoms with Crippen LogP contribution in [0.4, 0.5) is 13.2 Å². The SMILES string of the molecule is FC(F)(F)c1ccn(-c2ccc(-c3cccs3)cc2)n1. The number of aromatic nitrogens is 2. The molecule has 0 bridgehead atoms. The van der Waals surface area contributed by atoms with Gasteiger partial charge in [0.15, 0.2) is 5.69 Å². The quantitative estimate of drug-likeness (QED) is 0.674. The van der Waals surface area contributed by atoms with E-state index in [0.717, 1.165) is 16.5 Å². The number of alkyl halides is 3. The van der Waals surface area contributed by atoms with Gasteiger partial charge in [0, 0.05) is 11.1 Å². The first kappa shape index (κ1) is 12.9. The Morgan fingerprint density at radius 1 is 1.00 bits per heavy atom. The van der Waals surface area contributed by atoms with Gasteiger partial charge in [-0.25, -0.2) is 4.68 Å². The second kappa shape index (κ2) is 4.79. The van der Waals surface area contributed by atoms with Crippen LogP contribution < -0.4 is 0 Å². The number of halogens is 3. The van der Waals surface area contributed by atoms with Crippen molar-refractivity contribution in [3.05, 3.63) is 59.7 Å². The number of hydrogen-bond donors (Lipinski definition) is 0. The zero-order valence-electron chi connectivity index (χ0n) is 10.1. The van der Waals surface area contributed by atoms with Crippen LogP contribution in [0.5, 0.6) is 0 Å². The summed E-state index contributed by atoms with van der Waals surface area (Å²) >= 11 is 1.61. The average Bonchev–Trinajstić information content (AvgIpc) is 3.10. The van der Waals surface area contributed by atoms with E-state index in [2.05, 4.69) is 5.10 Å². The smallest absolute Gasteiger partial charge is 0.240 e. The Hall–Kier alpha value is -2.08. The molecule has 3 rings (SSSR count). The fourth-order valence-corrected chi connectivity index (χ4v) is 2.57. The third kappa shape index (κ3) is 2.46. The highest BCUT2D eigenvalue weighted by atomic mass is 32.1. The van der Waals surface area contributed by atoms with E-state index in [1.165, 1.54) is 10.9 Å². The molecule has 0 N–H and O–H groups in total. The summed E-state index contributed by atoms with van der Waals surface area (Å²) in [6, 6.07) is 12.2. The molecule has 0 aliphatic rings. The molecule has 6 heteroatoms. The van der Waals surface area contributed by atoms with Crippen molar-refractivity contribution in [2.24, 2.45) is 0 Å². The molecule has 0 radical (unpaired) electrons. The Morgan fingerprint density at radius 3 is 2.30 bits per heavy atom. The van der Waals surface area contributed by atoms with E-state index in [4.69, 9.17) is 0 Å². The van der Waals surface area contributed by atoms with Crippen LogP contribution in [0.3, 0.4) is 0 Å². The van der Waals surface area contributed by atoms with E-state index in [1.807, 2.05) is 29.6 Å². The molecule has 0 amide bonds. The predicted molar refractivity (Wildman–Crippen MR) is 71.9 cm³/mol. The minimum absolute atomic E-state index is 0.598. The third-order valence-electron chi connectivity index (χ3n) is 2.82. The second-order valence-electron chi connectivity index (χ2n) is 4.17. The Balaban J connectivity index is 1.90. The van der Waals surface area contributed by atoms with Gasteiger partial charge < -0.3 is 0 Å². The summed E-state index contributed by atoms with van der Waals surface area (Å²) in [7, 11) is 0. The van der Waals surface area contributed by atoms with Gasteiger partial charge in [-0.05, 0) is 35.2 Å². The lowest BCUT2D eigenvalue weighted by atomic mass is 10.2. The number of hydrogen-bond acceptors (Lipinski definition) is 2. The lowest BCUT2D eigenvalue weighted by Crippen LogP contribution is -2.07. The third-order valence-corrected chi connectivity index (χ3v) is 3.74. The van der Waals surface area contributed by atoms with E-state index < -0.39 is 11.9 Å². The molecule has 0 saturated heterocycles. The van der Waals surface area contributed by atoms with E-state index in [9.17, 15) is 13.2 Å². The van der Waals surface area contributed by atoms with Gasteiger partial charge in [-0.1, -0.05) is 18.2 Å². The van der Waals surface area contributed by atoms with E-state index >= 15 is 0 Å². The van der Waals surface area contributed by atoms with E-state index in [1.54, 1.807) is 23.5 Å². The normalized spacial score (nSPS) is 11.8. The van der Waals surface area contributed by atoms with Crippen molar-refractivity contribution in [2.75, 3.05) is 0 Å². The molecular weight excluding hydrogens is 285 g/mol. The highest BCUT2D eigenvalue weighted by molar-refractivity contribution is 7.13. The second-order valence-corrected chi connectivity index (χ2v) is 5.12. The maximum Gasteiger partial charge on any atom is 0.435 e. The molecule has 2 aromatic heterocycles. The summed E-state index contributed by atoms with van der Waals surface area (Å²) in [6.07, 6.45) is -3.11. The van der Waals surface area contributed by atoms with Crippen molar-refractivity contribution in [1.82, 2.24) is 9.78 Å². The monoisotopic (exact) mass is 294 g/mol. The topological polar surface area (TPSA) is 17.8 Å². The van der Waals surface area contributed by atoms with Gasteiger partial charge in [0.25, 0.3) is 0 Å². The van der Waals surface area contributed by atoms with Crippen LogP contribution in [0, 0.1) is 0 Å². The van der Waals surface area contributed by atoms with Gasteiger partial charge in [0.05, 0.1) is 5.69 Å². The molecule has 0 atom stereocenters. The number of rotatable bonds is 2. The molecule has 2 heterocycles. The maximum absolute atomic E-state index is 12.5. The van der Waals surface area contributed by atoms with Crippen molar-refractivity contribution in [3.8, 4) is 16.1 Å². The summed E-state index contributed by atoms with van der Waals surface area (Å²) in [4.78, 5) is 1.12. The van der Waals surface area contributed by atoms with Crippen LogP contribution in [-0.2, 0) is 6.18 Å². The molecular formula is C14H9F3N2S. The van der Waals surface area contributed by atoms with Gasteiger partial charge in [0.2, 0.25) is 0 Å². The van der Waals surface area contributed by atoms with Crippen LogP contribution in [0.2, 0.25) is 0 Å². The van der Waals surface area contributed by atoms with Crippen LogP contribution in [-0.4, -0.2) is 9.78 Å². The van der Waals surface area contributed by atoms with Crippen LogP contribution in [0.1, 0.15) is 5.69 Å². The van der Waals surface area contributed by atoms with Gasteiger partial charge in [-0.15, -0.1) is 11.3 Å². The van der Waals surface area contributed by atoms with Crippen molar-refractivity contribution < 1.29 is 13.2 Å². The van der Waals surface area contributed by atoms with Crippen molar-refractivity contribution >= 4 is 11.3 Å². The molecule has 102 valence electrons. The molecule has 0 fully saturated rings. The zero-order valence-corrected chi connectivity index (χ0v) is 10.9. The largest absolute Gasteiger partial charge is 0.435 e. The average molecular weight is 294 g/mol. The standard InChI is InChI=1S/C14H9F3N2S/c15-14(16,17)13-7-8-19(18-13)11-5-3-10(4-6-11)12-2-1-9-20-12/h1-9H. The number of benzene rings is 1. The minimum Gasteiger partial charge on any atom is -0.240 e. The Bertz CT molecular complexity index is 697. The molecule has 0 spiro atoms. The summed E-state index contributed by atoms with van der Waals surface area (Å²) in [5.41, 5.74) is 0.743. The molecule has 20 heavy (non-hydrogen) atoms. The molecule has 0 aliphatic heterocycles. The maximum atomic E-state index is 12.5. The molecule has 1 aromatic carbocycles. The first-order chi connectivity index (χ1) is 9.54. The Labute approximate surface area is 117 Å². The molecule has 0 unspecified atom stereocenters. The van der Waals surface area contributed by atoms with Crippen LogP contribution in [0.25, 0.3) is 16.1 Å². The van der Waals surface area contributed by atoms with Gasteiger partial charge >= 0.3 is 6.18 Å².